The number of hydrogen-bond donors (Lipinski definition) is 1. The molecular weight excluding hydrogens is 458 g/mol. The van der Waals surface area contributed by atoms with Gasteiger partial charge in [0.2, 0.25) is 0 Å². The summed E-state index contributed by atoms with van der Waals surface area (Å²) in [5, 5.41) is 3.98. The zero-order chi connectivity index (χ0) is 23.8. The van der Waals surface area contributed by atoms with Crippen molar-refractivity contribution in [2.75, 3.05) is 5.32 Å². The molecule has 172 valence electrons. The van der Waals surface area contributed by atoms with E-state index in [1.165, 1.54) is 24.3 Å². The van der Waals surface area contributed by atoms with Crippen LogP contribution in [-0.4, -0.2) is 21.9 Å². The lowest BCUT2D eigenvalue weighted by molar-refractivity contribution is -0.253. The Balaban J connectivity index is 1.79. The normalized spacial score (nSPS) is 11.9. The van der Waals surface area contributed by atoms with Crippen molar-refractivity contribution in [3.63, 3.8) is 0 Å². The van der Waals surface area contributed by atoms with Crippen LogP contribution in [0.4, 0.5) is 29.1 Å². The van der Waals surface area contributed by atoms with Crippen LogP contribution in [0.5, 0.6) is 5.75 Å². The highest BCUT2D eigenvalue weighted by molar-refractivity contribution is 6.30. The number of nitrogens with one attached hydrogen (secondary N) is 1. The van der Waals surface area contributed by atoms with E-state index in [2.05, 4.69) is 22.0 Å². The number of benzene rings is 2. The van der Waals surface area contributed by atoms with Crippen LogP contribution in [-0.2, 0) is 6.42 Å². The SMILES string of the molecule is CCc1cccc(C)c1Nc1c(-c2ccc(OC(F)(F)C(F)F)cc2)nc2ccc(Cl)cn12. The van der Waals surface area contributed by atoms with Crippen LogP contribution in [0.15, 0.2) is 60.8 Å². The van der Waals surface area contributed by atoms with Crippen LogP contribution in [0.3, 0.4) is 0 Å². The van der Waals surface area contributed by atoms with Crippen LogP contribution in [0.2, 0.25) is 5.02 Å². The summed E-state index contributed by atoms with van der Waals surface area (Å²) < 4.78 is 57.3. The summed E-state index contributed by atoms with van der Waals surface area (Å²) in [4.78, 5) is 4.67. The Bertz CT molecular complexity index is 1290. The summed E-state index contributed by atoms with van der Waals surface area (Å²) in [6.45, 7) is 4.05. The zero-order valence-corrected chi connectivity index (χ0v) is 18.5. The average Bonchev–Trinajstić information content (AvgIpc) is 3.12. The van der Waals surface area contributed by atoms with Gasteiger partial charge in [0.25, 0.3) is 0 Å². The monoisotopic (exact) mass is 477 g/mol. The number of aryl methyl sites for hydroxylation is 2. The summed E-state index contributed by atoms with van der Waals surface area (Å²) in [6.07, 6.45) is -5.98. The Kier molecular flexibility index (Phi) is 6.21. The molecule has 0 saturated carbocycles. The number of ether oxygens (including phenoxy) is 1. The van der Waals surface area contributed by atoms with Gasteiger partial charge in [0.1, 0.15) is 22.9 Å². The Morgan fingerprint density at radius 1 is 1.09 bits per heavy atom. The Morgan fingerprint density at radius 3 is 2.48 bits per heavy atom. The van der Waals surface area contributed by atoms with Gasteiger partial charge < -0.3 is 10.1 Å². The molecule has 0 aliphatic rings. The lowest BCUT2D eigenvalue weighted by Gasteiger charge is -2.17. The molecule has 0 saturated heterocycles. The smallest absolute Gasteiger partial charge is 0.428 e. The zero-order valence-electron chi connectivity index (χ0n) is 17.8. The van der Waals surface area contributed by atoms with Gasteiger partial charge in [-0.3, -0.25) is 4.40 Å². The molecule has 0 bridgehead atoms. The number of rotatable bonds is 7. The van der Waals surface area contributed by atoms with Crippen LogP contribution < -0.4 is 10.1 Å². The van der Waals surface area contributed by atoms with Gasteiger partial charge >= 0.3 is 12.5 Å². The third kappa shape index (κ3) is 4.61. The summed E-state index contributed by atoms with van der Waals surface area (Å²) in [5.74, 6) is 0.251. The Hall–Kier alpha value is -3.26. The molecule has 33 heavy (non-hydrogen) atoms. The van der Waals surface area contributed by atoms with Gasteiger partial charge in [0.15, 0.2) is 0 Å². The molecule has 0 unspecified atom stereocenters. The number of pyridine rings is 1. The largest absolute Gasteiger partial charge is 0.461 e. The highest BCUT2D eigenvalue weighted by Crippen LogP contribution is 2.36. The maximum atomic E-state index is 13.2. The topological polar surface area (TPSA) is 38.6 Å². The fraction of sp³-hybridized carbons (Fsp3) is 0.208. The van der Waals surface area contributed by atoms with E-state index in [1.54, 1.807) is 22.7 Å². The molecule has 0 spiro atoms. The molecule has 9 heteroatoms. The van der Waals surface area contributed by atoms with Crippen molar-refractivity contribution >= 4 is 28.8 Å². The molecule has 2 heterocycles. The van der Waals surface area contributed by atoms with E-state index < -0.39 is 12.5 Å². The first-order valence-electron chi connectivity index (χ1n) is 10.2. The molecule has 4 rings (SSSR count). The van der Waals surface area contributed by atoms with Gasteiger partial charge in [0, 0.05) is 17.4 Å². The average molecular weight is 478 g/mol. The number of imidazole rings is 1. The second kappa shape index (κ2) is 8.94. The van der Waals surface area contributed by atoms with Gasteiger partial charge in [0.05, 0.1) is 5.02 Å². The number of fused-ring (bicyclic) bond motifs is 1. The number of hydrogen-bond acceptors (Lipinski definition) is 3. The fourth-order valence-electron chi connectivity index (χ4n) is 3.54. The van der Waals surface area contributed by atoms with E-state index in [-0.39, 0.29) is 5.75 Å². The molecular formula is C24H20ClF4N3O. The standard InChI is InChI=1S/C24H20ClF4N3O/c1-3-15-6-4-5-14(2)20(15)31-22-21(30-19-12-9-17(25)13-32(19)22)16-7-10-18(11-8-16)33-24(28,29)23(26)27/h4-13,23,31H,3H2,1-2H3. The molecule has 4 aromatic rings. The van der Waals surface area contributed by atoms with E-state index in [4.69, 9.17) is 11.6 Å². The van der Waals surface area contributed by atoms with Crippen molar-refractivity contribution in [2.45, 2.75) is 32.8 Å². The minimum Gasteiger partial charge on any atom is -0.428 e. The van der Waals surface area contributed by atoms with Crippen LogP contribution >= 0.6 is 11.6 Å². The van der Waals surface area contributed by atoms with E-state index in [0.29, 0.717) is 27.7 Å². The second-order valence-corrected chi connectivity index (χ2v) is 7.90. The van der Waals surface area contributed by atoms with Crippen molar-refractivity contribution in [3.05, 3.63) is 76.9 Å². The van der Waals surface area contributed by atoms with Crippen molar-refractivity contribution in [1.29, 1.82) is 0 Å². The maximum absolute atomic E-state index is 13.2. The van der Waals surface area contributed by atoms with Crippen LogP contribution in [0, 0.1) is 6.92 Å². The van der Waals surface area contributed by atoms with E-state index in [1.807, 2.05) is 25.1 Å². The highest BCUT2D eigenvalue weighted by Gasteiger charge is 2.43. The maximum Gasteiger partial charge on any atom is 0.461 e. The predicted molar refractivity (Wildman–Crippen MR) is 121 cm³/mol. The molecule has 0 radical (unpaired) electrons. The van der Waals surface area contributed by atoms with Crippen LogP contribution in [0.25, 0.3) is 16.9 Å². The molecule has 0 aliphatic carbocycles. The molecule has 0 aliphatic heterocycles. The fourth-order valence-corrected chi connectivity index (χ4v) is 3.70. The molecule has 0 amide bonds. The molecule has 2 aromatic carbocycles. The van der Waals surface area contributed by atoms with Crippen LogP contribution in [0.1, 0.15) is 18.1 Å². The number of halogens is 5. The van der Waals surface area contributed by atoms with Crippen molar-refractivity contribution in [2.24, 2.45) is 0 Å². The third-order valence-corrected chi connectivity index (χ3v) is 5.43. The highest BCUT2D eigenvalue weighted by atomic mass is 35.5. The van der Waals surface area contributed by atoms with Gasteiger partial charge in [-0.25, -0.2) is 4.98 Å². The van der Waals surface area contributed by atoms with Crippen molar-refractivity contribution in [1.82, 2.24) is 9.38 Å². The summed E-state index contributed by atoms with van der Waals surface area (Å²) in [6, 6.07) is 14.9. The molecule has 1 N–H and O–H groups in total. The Labute approximate surface area is 192 Å². The van der Waals surface area contributed by atoms with Crippen molar-refractivity contribution in [3.8, 4) is 17.0 Å². The summed E-state index contributed by atoms with van der Waals surface area (Å²) in [7, 11) is 0. The van der Waals surface area contributed by atoms with Gasteiger partial charge in [-0.1, -0.05) is 36.7 Å². The number of anilines is 2. The third-order valence-electron chi connectivity index (χ3n) is 5.20. The van der Waals surface area contributed by atoms with E-state index in [9.17, 15) is 17.6 Å². The quantitative estimate of drug-likeness (QED) is 0.280. The van der Waals surface area contributed by atoms with E-state index >= 15 is 0 Å². The number of nitrogens with zero attached hydrogens (tertiary/aromatic N) is 2. The number of para-hydroxylation sites is 1. The minimum absolute atomic E-state index is 0.377. The molecule has 0 atom stereocenters. The first-order chi connectivity index (χ1) is 15.7. The van der Waals surface area contributed by atoms with Crippen molar-refractivity contribution < 1.29 is 22.3 Å². The molecule has 0 fully saturated rings. The number of alkyl halides is 4. The molecule has 4 nitrogen and oxygen atoms in total. The lowest BCUT2D eigenvalue weighted by atomic mass is 10.1. The minimum atomic E-state index is -4.57. The first kappa shape index (κ1) is 22.9. The molecule has 2 aromatic heterocycles. The van der Waals surface area contributed by atoms with E-state index in [0.717, 1.165) is 23.2 Å². The second-order valence-electron chi connectivity index (χ2n) is 7.46. The first-order valence-corrected chi connectivity index (χ1v) is 10.6. The van der Waals surface area contributed by atoms with Gasteiger partial charge in [-0.2, -0.15) is 17.6 Å². The van der Waals surface area contributed by atoms with Gasteiger partial charge in [-0.05, 0) is 60.9 Å². The Morgan fingerprint density at radius 2 is 1.82 bits per heavy atom. The van der Waals surface area contributed by atoms with Gasteiger partial charge in [-0.15, -0.1) is 0 Å². The summed E-state index contributed by atoms with van der Waals surface area (Å²) >= 11 is 6.22. The number of aromatic nitrogens is 2. The lowest BCUT2D eigenvalue weighted by Crippen LogP contribution is -2.33. The predicted octanol–water partition coefficient (Wildman–Crippen LogP) is 7.51. The summed E-state index contributed by atoms with van der Waals surface area (Å²) in [5.41, 5.74) is 4.81.